The van der Waals surface area contributed by atoms with Gasteiger partial charge < -0.3 is 5.32 Å². The number of aryl methyl sites for hydroxylation is 3. The molecule has 1 N–H and O–H groups in total. The van der Waals surface area contributed by atoms with E-state index in [0.717, 1.165) is 41.1 Å². The smallest absolute Gasteiger partial charge is 0.0839 e. The highest BCUT2D eigenvalue weighted by molar-refractivity contribution is 9.10. The molecule has 0 aliphatic heterocycles. The summed E-state index contributed by atoms with van der Waals surface area (Å²) in [4.78, 5) is 0. The Labute approximate surface area is 134 Å². The predicted molar refractivity (Wildman–Crippen MR) is 88.3 cm³/mol. The summed E-state index contributed by atoms with van der Waals surface area (Å²) in [5, 5.41) is 12.6. The van der Waals surface area contributed by atoms with Crippen molar-refractivity contribution in [2.45, 2.75) is 53.2 Å². The first kappa shape index (κ1) is 16.2. The van der Waals surface area contributed by atoms with Crippen LogP contribution in [0.3, 0.4) is 0 Å². The number of halogens is 1. The molecule has 0 unspecified atom stereocenters. The molecule has 6 heteroatoms. The van der Waals surface area contributed by atoms with Crippen molar-refractivity contribution in [3.63, 3.8) is 0 Å². The molecule has 2 heterocycles. The Balaban J connectivity index is 2.17. The molecule has 2 rings (SSSR count). The zero-order valence-electron chi connectivity index (χ0n) is 13.4. The third kappa shape index (κ3) is 3.74. The van der Waals surface area contributed by atoms with Crippen LogP contribution >= 0.6 is 15.9 Å². The van der Waals surface area contributed by atoms with E-state index in [4.69, 9.17) is 0 Å². The van der Waals surface area contributed by atoms with Gasteiger partial charge in [0, 0.05) is 31.4 Å². The molecule has 0 saturated heterocycles. The van der Waals surface area contributed by atoms with Gasteiger partial charge in [-0.1, -0.05) is 20.8 Å². The molecule has 0 fully saturated rings. The molecule has 0 amide bonds. The maximum absolute atomic E-state index is 4.62. The summed E-state index contributed by atoms with van der Waals surface area (Å²) in [6.07, 6.45) is 3.05. The zero-order valence-corrected chi connectivity index (χ0v) is 15.0. The van der Waals surface area contributed by atoms with E-state index in [-0.39, 0.29) is 0 Å². The minimum Gasteiger partial charge on any atom is -0.310 e. The van der Waals surface area contributed by atoms with Crippen molar-refractivity contribution in [2.75, 3.05) is 0 Å². The minimum absolute atomic E-state index is 0.478. The molecule has 0 aromatic carbocycles. The number of rotatable bonds is 6. The van der Waals surface area contributed by atoms with Crippen LogP contribution in [0.5, 0.6) is 0 Å². The molecule has 21 heavy (non-hydrogen) atoms. The van der Waals surface area contributed by atoms with Crippen molar-refractivity contribution < 1.29 is 0 Å². The van der Waals surface area contributed by atoms with E-state index in [0.29, 0.717) is 6.04 Å². The van der Waals surface area contributed by atoms with Gasteiger partial charge in [0.25, 0.3) is 0 Å². The molecule has 5 nitrogen and oxygen atoms in total. The molecule has 0 spiro atoms. The van der Waals surface area contributed by atoms with E-state index in [9.17, 15) is 0 Å². The van der Waals surface area contributed by atoms with Crippen LogP contribution in [0.2, 0.25) is 0 Å². The highest BCUT2D eigenvalue weighted by atomic mass is 79.9. The summed E-state index contributed by atoms with van der Waals surface area (Å²) < 4.78 is 5.03. The highest BCUT2D eigenvalue weighted by Gasteiger charge is 2.14. The second-order valence-electron chi connectivity index (χ2n) is 5.66. The average molecular weight is 354 g/mol. The quantitative estimate of drug-likeness (QED) is 0.868. The normalized spacial score (nSPS) is 11.6. The molecular formula is C15H24BrN5. The first-order valence-electron chi connectivity index (χ1n) is 7.38. The number of hydrogen-bond donors (Lipinski definition) is 1. The maximum Gasteiger partial charge on any atom is 0.0839 e. The Morgan fingerprint density at radius 3 is 2.62 bits per heavy atom. The Morgan fingerprint density at radius 1 is 1.33 bits per heavy atom. The lowest BCUT2D eigenvalue weighted by Gasteiger charge is -2.06. The monoisotopic (exact) mass is 353 g/mol. The summed E-state index contributed by atoms with van der Waals surface area (Å²) in [5.41, 5.74) is 4.57. The lowest BCUT2D eigenvalue weighted by Crippen LogP contribution is -2.21. The number of hydrogen-bond acceptors (Lipinski definition) is 3. The van der Waals surface area contributed by atoms with Crippen LogP contribution in [0.25, 0.3) is 0 Å². The maximum atomic E-state index is 4.62. The van der Waals surface area contributed by atoms with Crippen LogP contribution in [-0.4, -0.2) is 25.6 Å². The molecule has 2 aromatic rings. The van der Waals surface area contributed by atoms with Crippen LogP contribution in [0, 0.1) is 6.92 Å². The molecule has 2 aromatic heterocycles. The van der Waals surface area contributed by atoms with E-state index < -0.39 is 0 Å². The largest absolute Gasteiger partial charge is 0.310 e. The topological polar surface area (TPSA) is 47.7 Å². The lowest BCUT2D eigenvalue weighted by molar-refractivity contribution is 0.586. The summed E-state index contributed by atoms with van der Waals surface area (Å²) in [5.74, 6) is 0. The van der Waals surface area contributed by atoms with Gasteiger partial charge in [0.15, 0.2) is 0 Å². The summed E-state index contributed by atoms with van der Waals surface area (Å²) in [6.45, 7) is 10.1. The Bertz CT molecular complexity index is 612. The van der Waals surface area contributed by atoms with Crippen molar-refractivity contribution in [2.24, 2.45) is 7.05 Å². The first-order valence-corrected chi connectivity index (χ1v) is 8.18. The summed E-state index contributed by atoms with van der Waals surface area (Å²) in [6, 6.07) is 0.478. The fourth-order valence-electron chi connectivity index (χ4n) is 2.27. The Hall–Kier alpha value is -1.14. The zero-order chi connectivity index (χ0) is 15.6. The molecular weight excluding hydrogens is 330 g/mol. The van der Waals surface area contributed by atoms with Gasteiger partial charge in [-0.25, -0.2) is 0 Å². The summed E-state index contributed by atoms with van der Waals surface area (Å²) in [7, 11) is 1.98. The minimum atomic E-state index is 0.478. The average Bonchev–Trinajstić information content (AvgIpc) is 2.90. The Kier molecular flexibility index (Phi) is 5.22. The highest BCUT2D eigenvalue weighted by Crippen LogP contribution is 2.22. The third-order valence-electron chi connectivity index (χ3n) is 3.56. The Morgan fingerprint density at radius 2 is 2.05 bits per heavy atom. The second kappa shape index (κ2) is 6.75. The number of aromatic nitrogens is 4. The number of nitrogens with one attached hydrogen (secondary N) is 1. The van der Waals surface area contributed by atoms with Crippen LogP contribution in [0.15, 0.2) is 10.7 Å². The molecule has 116 valence electrons. The van der Waals surface area contributed by atoms with Crippen LogP contribution < -0.4 is 5.32 Å². The molecule has 0 radical (unpaired) electrons. The van der Waals surface area contributed by atoms with E-state index in [2.05, 4.69) is 65.3 Å². The number of nitrogens with zero attached hydrogens (tertiary/aromatic N) is 4. The van der Waals surface area contributed by atoms with Gasteiger partial charge in [0.2, 0.25) is 0 Å². The molecule has 0 aliphatic carbocycles. The van der Waals surface area contributed by atoms with Gasteiger partial charge in [-0.15, -0.1) is 0 Å². The fourth-order valence-corrected chi connectivity index (χ4v) is 3.01. The van der Waals surface area contributed by atoms with E-state index in [1.165, 1.54) is 5.56 Å². The first-order chi connectivity index (χ1) is 9.92. The molecule has 0 bridgehead atoms. The van der Waals surface area contributed by atoms with Gasteiger partial charge in [-0.2, -0.15) is 10.2 Å². The van der Waals surface area contributed by atoms with E-state index in [1.807, 2.05) is 16.4 Å². The SMILES string of the molecule is CCc1nn(C)c(Cn2cc(CNC(C)C)c(C)n2)c1Br. The van der Waals surface area contributed by atoms with Crippen molar-refractivity contribution in [1.82, 2.24) is 24.9 Å². The summed E-state index contributed by atoms with van der Waals surface area (Å²) >= 11 is 3.66. The van der Waals surface area contributed by atoms with Crippen molar-refractivity contribution in [3.8, 4) is 0 Å². The van der Waals surface area contributed by atoms with Gasteiger partial charge in [0.1, 0.15) is 0 Å². The van der Waals surface area contributed by atoms with Crippen LogP contribution in [0.1, 0.15) is 43.4 Å². The van der Waals surface area contributed by atoms with Crippen molar-refractivity contribution in [3.05, 3.63) is 33.3 Å². The second-order valence-corrected chi connectivity index (χ2v) is 6.45. The predicted octanol–water partition coefficient (Wildman–Crippen LogP) is 2.80. The molecule has 0 aliphatic rings. The van der Waals surface area contributed by atoms with E-state index in [1.54, 1.807) is 0 Å². The van der Waals surface area contributed by atoms with E-state index >= 15 is 0 Å². The van der Waals surface area contributed by atoms with Crippen LogP contribution in [-0.2, 0) is 26.6 Å². The molecule has 0 atom stereocenters. The van der Waals surface area contributed by atoms with Crippen LogP contribution in [0.4, 0.5) is 0 Å². The van der Waals surface area contributed by atoms with Gasteiger partial charge in [-0.3, -0.25) is 9.36 Å². The third-order valence-corrected chi connectivity index (χ3v) is 4.48. The molecule has 0 saturated carbocycles. The lowest BCUT2D eigenvalue weighted by atomic mass is 10.2. The fraction of sp³-hybridized carbons (Fsp3) is 0.600. The van der Waals surface area contributed by atoms with Gasteiger partial charge in [0.05, 0.1) is 28.1 Å². The standard InChI is InChI=1S/C15H24BrN5/c1-6-13-15(16)14(20(5)19-13)9-21-8-12(11(4)18-21)7-17-10(2)3/h8,10,17H,6-7,9H2,1-5H3. The van der Waals surface area contributed by atoms with Gasteiger partial charge in [-0.05, 0) is 29.3 Å². The van der Waals surface area contributed by atoms with Gasteiger partial charge >= 0.3 is 0 Å². The van der Waals surface area contributed by atoms with Crippen molar-refractivity contribution in [1.29, 1.82) is 0 Å². The van der Waals surface area contributed by atoms with Crippen molar-refractivity contribution >= 4 is 15.9 Å².